The SMILES string of the molecule is Cc1nn(C)cc1C(=O)N1CCC(COc2ccc(Cl)cc2)(CC(N)=O)CC1. The van der Waals surface area contributed by atoms with E-state index in [4.69, 9.17) is 22.1 Å². The summed E-state index contributed by atoms with van der Waals surface area (Å²) in [5.41, 5.74) is 6.45. The average Bonchev–Trinajstić information content (AvgIpc) is 2.99. The standard InChI is InChI=1S/C20H25ClN4O3/c1-14-17(12-24(2)23-14)19(27)25-9-7-20(8-10-25,11-18(22)26)13-28-16-5-3-15(21)4-6-16/h3-6,12H,7-11,13H2,1-2H3,(H2,22,26). The maximum Gasteiger partial charge on any atom is 0.257 e. The van der Waals surface area contributed by atoms with Crippen LogP contribution in [-0.4, -0.2) is 46.2 Å². The van der Waals surface area contributed by atoms with Gasteiger partial charge in [-0.1, -0.05) is 11.6 Å². The van der Waals surface area contributed by atoms with Crippen LogP contribution in [0, 0.1) is 12.3 Å². The summed E-state index contributed by atoms with van der Waals surface area (Å²) in [5.74, 6) is 0.303. The van der Waals surface area contributed by atoms with Gasteiger partial charge in [-0.25, -0.2) is 0 Å². The molecule has 1 aliphatic rings. The fourth-order valence-electron chi connectivity index (χ4n) is 3.67. The lowest BCUT2D eigenvalue weighted by Crippen LogP contribution is -2.47. The fraction of sp³-hybridized carbons (Fsp3) is 0.450. The van der Waals surface area contributed by atoms with Crippen LogP contribution in [0.1, 0.15) is 35.3 Å². The van der Waals surface area contributed by atoms with E-state index in [1.165, 1.54) is 0 Å². The Morgan fingerprint density at radius 3 is 2.43 bits per heavy atom. The summed E-state index contributed by atoms with van der Waals surface area (Å²) in [6, 6.07) is 7.11. The molecular weight excluding hydrogens is 380 g/mol. The van der Waals surface area contributed by atoms with Crippen molar-refractivity contribution in [3.8, 4) is 5.75 Å². The maximum absolute atomic E-state index is 12.8. The van der Waals surface area contributed by atoms with Crippen LogP contribution in [0.4, 0.5) is 0 Å². The van der Waals surface area contributed by atoms with Crippen LogP contribution in [0.15, 0.2) is 30.5 Å². The largest absolute Gasteiger partial charge is 0.493 e. The number of primary amides is 1. The zero-order valence-corrected chi connectivity index (χ0v) is 16.9. The number of ether oxygens (including phenoxy) is 1. The highest BCUT2D eigenvalue weighted by molar-refractivity contribution is 6.30. The van der Waals surface area contributed by atoms with Crippen LogP contribution in [0.5, 0.6) is 5.75 Å². The van der Waals surface area contributed by atoms with Crippen molar-refractivity contribution in [1.82, 2.24) is 14.7 Å². The monoisotopic (exact) mass is 404 g/mol. The third-order valence-corrected chi connectivity index (χ3v) is 5.52. The molecule has 1 aliphatic heterocycles. The number of hydrogen-bond donors (Lipinski definition) is 1. The second kappa shape index (κ2) is 8.22. The number of nitrogens with zero attached hydrogens (tertiary/aromatic N) is 3. The normalized spacial score (nSPS) is 16.0. The molecule has 0 atom stereocenters. The molecule has 0 aliphatic carbocycles. The van der Waals surface area contributed by atoms with E-state index in [0.717, 1.165) is 0 Å². The number of carbonyl (C=O) groups excluding carboxylic acids is 2. The minimum Gasteiger partial charge on any atom is -0.493 e. The molecule has 0 radical (unpaired) electrons. The van der Waals surface area contributed by atoms with Crippen molar-refractivity contribution in [2.24, 2.45) is 18.2 Å². The van der Waals surface area contributed by atoms with Gasteiger partial charge in [-0.2, -0.15) is 5.10 Å². The van der Waals surface area contributed by atoms with E-state index in [1.807, 2.05) is 11.8 Å². The first-order valence-electron chi connectivity index (χ1n) is 9.24. The van der Waals surface area contributed by atoms with Crippen LogP contribution < -0.4 is 10.5 Å². The molecule has 0 saturated carbocycles. The average molecular weight is 405 g/mol. The number of carbonyl (C=O) groups is 2. The minimum absolute atomic E-state index is 0.0307. The van der Waals surface area contributed by atoms with Gasteiger partial charge in [-0.3, -0.25) is 14.3 Å². The number of benzene rings is 1. The fourth-order valence-corrected chi connectivity index (χ4v) is 3.80. The van der Waals surface area contributed by atoms with Gasteiger partial charge in [0, 0.05) is 43.2 Å². The van der Waals surface area contributed by atoms with Gasteiger partial charge >= 0.3 is 0 Å². The first-order valence-corrected chi connectivity index (χ1v) is 9.62. The Morgan fingerprint density at radius 2 is 1.89 bits per heavy atom. The Bertz CT molecular complexity index is 855. The molecule has 1 aromatic carbocycles. The molecule has 0 spiro atoms. The molecule has 28 heavy (non-hydrogen) atoms. The summed E-state index contributed by atoms with van der Waals surface area (Å²) in [4.78, 5) is 26.3. The highest BCUT2D eigenvalue weighted by Crippen LogP contribution is 2.36. The first kappa shape index (κ1) is 20.2. The lowest BCUT2D eigenvalue weighted by atomic mass is 9.76. The number of amides is 2. The Morgan fingerprint density at radius 1 is 1.25 bits per heavy atom. The predicted molar refractivity (Wildman–Crippen MR) is 106 cm³/mol. The molecule has 3 rings (SSSR count). The zero-order valence-electron chi connectivity index (χ0n) is 16.2. The smallest absolute Gasteiger partial charge is 0.257 e. The molecule has 0 unspecified atom stereocenters. The number of piperidine rings is 1. The van der Waals surface area contributed by atoms with E-state index < -0.39 is 0 Å². The zero-order chi connectivity index (χ0) is 20.3. The van der Waals surface area contributed by atoms with Crippen molar-refractivity contribution in [1.29, 1.82) is 0 Å². The van der Waals surface area contributed by atoms with E-state index in [0.29, 0.717) is 54.6 Å². The van der Waals surface area contributed by atoms with Gasteiger partial charge in [0.05, 0.1) is 17.9 Å². The molecule has 7 nitrogen and oxygen atoms in total. The van der Waals surface area contributed by atoms with E-state index >= 15 is 0 Å². The molecule has 2 amide bonds. The molecule has 0 bridgehead atoms. The van der Waals surface area contributed by atoms with Gasteiger partial charge in [0.15, 0.2) is 0 Å². The summed E-state index contributed by atoms with van der Waals surface area (Å²) in [6.07, 6.45) is 3.27. The van der Waals surface area contributed by atoms with Gasteiger partial charge in [-0.15, -0.1) is 0 Å². The van der Waals surface area contributed by atoms with E-state index in [-0.39, 0.29) is 23.7 Å². The molecule has 150 valence electrons. The lowest BCUT2D eigenvalue weighted by molar-refractivity contribution is -0.121. The molecule has 1 saturated heterocycles. The van der Waals surface area contributed by atoms with Gasteiger partial charge < -0.3 is 15.4 Å². The van der Waals surface area contributed by atoms with E-state index in [2.05, 4.69) is 5.10 Å². The summed E-state index contributed by atoms with van der Waals surface area (Å²) < 4.78 is 7.57. The van der Waals surface area contributed by atoms with Gasteiger partial charge in [0.2, 0.25) is 5.91 Å². The van der Waals surface area contributed by atoms with Crippen molar-refractivity contribution in [2.75, 3.05) is 19.7 Å². The Kier molecular flexibility index (Phi) is 5.93. The van der Waals surface area contributed by atoms with Crippen LogP contribution in [0.25, 0.3) is 0 Å². The number of aromatic nitrogens is 2. The summed E-state index contributed by atoms with van der Waals surface area (Å²) in [7, 11) is 1.80. The first-order chi connectivity index (χ1) is 13.3. The van der Waals surface area contributed by atoms with E-state index in [1.54, 1.807) is 42.2 Å². The third-order valence-electron chi connectivity index (χ3n) is 5.26. The Labute approximate surface area is 169 Å². The van der Waals surface area contributed by atoms with Crippen molar-refractivity contribution in [3.05, 3.63) is 46.7 Å². The van der Waals surface area contributed by atoms with Gasteiger partial charge in [-0.05, 0) is 44.0 Å². The number of hydrogen-bond acceptors (Lipinski definition) is 4. The number of nitrogens with two attached hydrogens (primary N) is 1. The number of aryl methyl sites for hydroxylation is 2. The molecule has 1 aromatic heterocycles. The lowest BCUT2D eigenvalue weighted by Gasteiger charge is -2.41. The molecular formula is C20H25ClN4O3. The third kappa shape index (κ3) is 4.65. The van der Waals surface area contributed by atoms with Crippen molar-refractivity contribution in [3.63, 3.8) is 0 Å². The molecule has 2 heterocycles. The Balaban J connectivity index is 1.67. The topological polar surface area (TPSA) is 90.4 Å². The van der Waals surface area contributed by atoms with E-state index in [9.17, 15) is 9.59 Å². The number of rotatable bonds is 6. The number of likely N-dealkylation sites (tertiary alicyclic amines) is 1. The van der Waals surface area contributed by atoms with Gasteiger partial charge in [0.1, 0.15) is 5.75 Å². The van der Waals surface area contributed by atoms with Crippen LogP contribution in [-0.2, 0) is 11.8 Å². The molecule has 2 N–H and O–H groups in total. The van der Waals surface area contributed by atoms with Gasteiger partial charge in [0.25, 0.3) is 5.91 Å². The molecule has 2 aromatic rings. The highest BCUT2D eigenvalue weighted by Gasteiger charge is 2.38. The summed E-state index contributed by atoms with van der Waals surface area (Å²) >= 11 is 5.91. The molecule has 1 fully saturated rings. The summed E-state index contributed by atoms with van der Waals surface area (Å²) in [5, 5.41) is 4.88. The number of halogens is 1. The maximum atomic E-state index is 12.8. The van der Waals surface area contributed by atoms with Crippen LogP contribution in [0.2, 0.25) is 5.02 Å². The Hall–Kier alpha value is -2.54. The highest BCUT2D eigenvalue weighted by atomic mass is 35.5. The van der Waals surface area contributed by atoms with Crippen molar-refractivity contribution < 1.29 is 14.3 Å². The van der Waals surface area contributed by atoms with Crippen molar-refractivity contribution in [2.45, 2.75) is 26.2 Å². The second-order valence-corrected chi connectivity index (χ2v) is 7.92. The van der Waals surface area contributed by atoms with Crippen LogP contribution >= 0.6 is 11.6 Å². The predicted octanol–water partition coefficient (Wildman–Crippen LogP) is 2.56. The molecule has 8 heteroatoms. The van der Waals surface area contributed by atoms with Crippen LogP contribution in [0.3, 0.4) is 0 Å². The van der Waals surface area contributed by atoms with Crippen molar-refractivity contribution >= 4 is 23.4 Å². The second-order valence-electron chi connectivity index (χ2n) is 7.48. The quantitative estimate of drug-likeness (QED) is 0.801. The summed E-state index contributed by atoms with van der Waals surface area (Å²) in [6.45, 7) is 3.29. The minimum atomic E-state index is -0.383.